The second-order valence-corrected chi connectivity index (χ2v) is 8.66. The summed E-state index contributed by atoms with van der Waals surface area (Å²) in [4.78, 5) is 24.2. The number of aliphatic carboxylic acids is 2. The fourth-order valence-corrected chi connectivity index (χ4v) is 4.10. The largest absolute Gasteiger partial charge is 2.00 e. The van der Waals surface area contributed by atoms with Crippen molar-refractivity contribution >= 4 is 11.9 Å². The summed E-state index contributed by atoms with van der Waals surface area (Å²) in [6.07, 6.45) is 11.0. The first-order valence-electron chi connectivity index (χ1n) is 11.6. The minimum atomic E-state index is -1.85. The predicted molar refractivity (Wildman–Crippen MR) is 112 cm³/mol. The quantitative estimate of drug-likeness (QED) is 0.371. The number of rotatable bonds is 7. The fourth-order valence-electron chi connectivity index (χ4n) is 4.10. The molecule has 2 saturated carbocycles. The minimum absolute atomic E-state index is 0. The molecule has 3 aliphatic rings. The van der Waals surface area contributed by atoms with Crippen LogP contribution in [0.15, 0.2) is 0 Å². The SMILES string of the molecule is CCC(CCCN1CCOCC1)(C(=O)[O-])C(=O)[O-].NC1CCCC1.NC1CCCC1.[Pt+2]. The zero-order chi connectivity index (χ0) is 22.4. The molecule has 184 valence electrons. The smallest absolute Gasteiger partial charge is 0.549 e. The molecule has 8 nitrogen and oxygen atoms in total. The Morgan fingerprint density at radius 1 is 0.935 bits per heavy atom. The molecule has 0 unspecified atom stereocenters. The molecule has 9 heteroatoms. The van der Waals surface area contributed by atoms with Crippen molar-refractivity contribution < 1.29 is 45.6 Å². The molecule has 3 fully saturated rings. The Balaban J connectivity index is 0.000000559. The van der Waals surface area contributed by atoms with Gasteiger partial charge < -0.3 is 36.0 Å². The zero-order valence-electron chi connectivity index (χ0n) is 18.9. The summed E-state index contributed by atoms with van der Waals surface area (Å²) in [5, 5.41) is 22.0. The van der Waals surface area contributed by atoms with Crippen LogP contribution in [0.5, 0.6) is 0 Å². The average Bonchev–Trinajstić information content (AvgIpc) is 3.40. The van der Waals surface area contributed by atoms with Gasteiger partial charge in [-0.3, -0.25) is 4.90 Å². The maximum absolute atomic E-state index is 11.0. The first-order valence-corrected chi connectivity index (χ1v) is 11.6. The molecule has 0 spiro atoms. The van der Waals surface area contributed by atoms with Crippen LogP contribution < -0.4 is 21.7 Å². The molecule has 0 radical (unpaired) electrons. The van der Waals surface area contributed by atoms with E-state index in [4.69, 9.17) is 16.2 Å². The number of carboxylic acid groups (broad SMARTS) is 2. The monoisotopic (exact) mass is 622 g/mol. The van der Waals surface area contributed by atoms with E-state index >= 15 is 0 Å². The van der Waals surface area contributed by atoms with Crippen LogP contribution in [-0.2, 0) is 35.4 Å². The first kappa shape index (κ1) is 30.5. The number of carbonyl (C=O) groups is 2. The van der Waals surface area contributed by atoms with E-state index in [2.05, 4.69) is 4.90 Å². The molecule has 1 heterocycles. The van der Waals surface area contributed by atoms with Gasteiger partial charge in [-0.2, -0.15) is 0 Å². The van der Waals surface area contributed by atoms with Crippen LogP contribution in [0.1, 0.15) is 77.6 Å². The number of nitrogens with zero attached hydrogens (tertiary/aromatic N) is 1. The Morgan fingerprint density at radius 3 is 1.65 bits per heavy atom. The summed E-state index contributed by atoms with van der Waals surface area (Å²) in [6, 6.07) is 1.09. The normalized spacial score (nSPS) is 20.1. The van der Waals surface area contributed by atoms with Crippen LogP contribution in [-0.4, -0.2) is 61.8 Å². The van der Waals surface area contributed by atoms with Crippen molar-refractivity contribution in [3.05, 3.63) is 0 Å². The number of nitrogens with two attached hydrogens (primary N) is 2. The summed E-state index contributed by atoms with van der Waals surface area (Å²) < 4.78 is 5.19. The Labute approximate surface area is 201 Å². The molecule has 1 aliphatic heterocycles. The van der Waals surface area contributed by atoms with Gasteiger partial charge in [0.1, 0.15) is 0 Å². The topological polar surface area (TPSA) is 145 Å². The van der Waals surface area contributed by atoms with E-state index in [1.807, 2.05) is 0 Å². The van der Waals surface area contributed by atoms with Crippen molar-refractivity contribution in [1.29, 1.82) is 0 Å². The molecule has 0 aromatic rings. The van der Waals surface area contributed by atoms with Crippen LogP contribution in [0, 0.1) is 5.41 Å². The van der Waals surface area contributed by atoms with Crippen molar-refractivity contribution in [3.63, 3.8) is 0 Å². The summed E-state index contributed by atoms with van der Waals surface area (Å²) in [5.74, 6) is -3.10. The van der Waals surface area contributed by atoms with Crippen molar-refractivity contribution in [1.82, 2.24) is 4.90 Å². The summed E-state index contributed by atoms with van der Waals surface area (Å²) >= 11 is 0. The molecule has 0 aromatic carbocycles. The third-order valence-electron chi connectivity index (χ3n) is 6.37. The number of hydrogen-bond donors (Lipinski definition) is 2. The van der Waals surface area contributed by atoms with Gasteiger partial charge in [-0.25, -0.2) is 0 Å². The second kappa shape index (κ2) is 17.0. The molecule has 3 rings (SSSR count). The molecule has 1 saturated heterocycles. The van der Waals surface area contributed by atoms with E-state index in [-0.39, 0.29) is 33.9 Å². The van der Waals surface area contributed by atoms with Crippen molar-refractivity contribution in [2.24, 2.45) is 16.9 Å². The van der Waals surface area contributed by atoms with Crippen molar-refractivity contribution in [2.45, 2.75) is 89.6 Å². The van der Waals surface area contributed by atoms with Gasteiger partial charge >= 0.3 is 21.1 Å². The van der Waals surface area contributed by atoms with Gasteiger partial charge in [-0.1, -0.05) is 32.6 Å². The standard InChI is InChI=1S/C12H21NO5.2C5H11N.Pt/c1-2-12(10(14)15,11(16)17)4-3-5-13-6-8-18-9-7-13;2*6-5-3-1-2-4-5;/h2-9H2,1H3,(H,14,15)(H,16,17);2*5H,1-4,6H2;/q;;;+2/p-2. The molecule has 0 atom stereocenters. The molecule has 0 aromatic heterocycles. The molecular weight excluding hydrogens is 581 g/mol. The summed E-state index contributed by atoms with van der Waals surface area (Å²) in [6.45, 7) is 5.14. The molecule has 0 bridgehead atoms. The number of carbonyl (C=O) groups excluding carboxylic acids is 2. The summed E-state index contributed by atoms with van der Waals surface area (Å²) in [7, 11) is 0. The Kier molecular flexibility index (Phi) is 16.7. The van der Waals surface area contributed by atoms with Gasteiger partial charge in [0.25, 0.3) is 0 Å². The van der Waals surface area contributed by atoms with Crippen molar-refractivity contribution in [2.75, 3.05) is 32.8 Å². The third kappa shape index (κ3) is 11.8. The van der Waals surface area contributed by atoms with E-state index in [1.165, 1.54) is 58.3 Å². The van der Waals surface area contributed by atoms with Gasteiger partial charge in [0.05, 0.1) is 25.2 Å². The van der Waals surface area contributed by atoms with Gasteiger partial charge in [0.15, 0.2) is 0 Å². The third-order valence-corrected chi connectivity index (χ3v) is 6.37. The maximum Gasteiger partial charge on any atom is 2.00 e. The second-order valence-electron chi connectivity index (χ2n) is 8.66. The van der Waals surface area contributed by atoms with E-state index < -0.39 is 17.4 Å². The first-order chi connectivity index (χ1) is 14.3. The number of carboxylic acids is 2. The Hall–Kier alpha value is -0.532. The fraction of sp³-hybridized carbons (Fsp3) is 0.909. The number of ether oxygens (including phenoxy) is 1. The molecular formula is C22H41N3O5Pt. The number of hydrogen-bond acceptors (Lipinski definition) is 8. The van der Waals surface area contributed by atoms with Crippen LogP contribution in [0.3, 0.4) is 0 Å². The average molecular weight is 623 g/mol. The van der Waals surface area contributed by atoms with E-state index in [1.54, 1.807) is 0 Å². The van der Waals surface area contributed by atoms with E-state index in [0.717, 1.165) is 13.1 Å². The molecule has 0 amide bonds. The van der Waals surface area contributed by atoms with E-state index in [9.17, 15) is 19.8 Å². The molecule has 2 aliphatic carbocycles. The zero-order valence-corrected chi connectivity index (χ0v) is 21.2. The van der Waals surface area contributed by atoms with Crippen molar-refractivity contribution in [3.8, 4) is 0 Å². The summed E-state index contributed by atoms with van der Waals surface area (Å²) in [5.41, 5.74) is 9.21. The number of morpholine rings is 1. The Morgan fingerprint density at radius 2 is 1.35 bits per heavy atom. The molecule has 31 heavy (non-hydrogen) atoms. The molecule has 4 N–H and O–H groups in total. The van der Waals surface area contributed by atoms with Gasteiger partial charge in [-0.15, -0.1) is 0 Å². The van der Waals surface area contributed by atoms with Gasteiger partial charge in [-0.05, 0) is 51.5 Å². The van der Waals surface area contributed by atoms with Gasteiger partial charge in [0, 0.05) is 30.6 Å². The van der Waals surface area contributed by atoms with Crippen LogP contribution in [0.25, 0.3) is 0 Å². The van der Waals surface area contributed by atoms with Crippen LogP contribution in [0.4, 0.5) is 0 Å². The minimum Gasteiger partial charge on any atom is -0.549 e. The van der Waals surface area contributed by atoms with Gasteiger partial charge in [0.2, 0.25) is 0 Å². The maximum atomic E-state index is 11.0. The van der Waals surface area contributed by atoms with Crippen LogP contribution >= 0.6 is 0 Å². The Bertz CT molecular complexity index is 464. The predicted octanol–water partition coefficient (Wildman–Crippen LogP) is -0.232. The van der Waals surface area contributed by atoms with E-state index in [0.29, 0.717) is 38.3 Å². The van der Waals surface area contributed by atoms with Crippen LogP contribution in [0.2, 0.25) is 0 Å².